The quantitative estimate of drug-likeness (QED) is 0.342. The van der Waals surface area contributed by atoms with Crippen LogP contribution in [-0.2, 0) is 0 Å². The van der Waals surface area contributed by atoms with Gasteiger partial charge in [0.1, 0.15) is 0 Å². The molecule has 0 fully saturated rings. The van der Waals surface area contributed by atoms with E-state index in [1.807, 2.05) is 0 Å². The molecule has 5 heteroatoms. The van der Waals surface area contributed by atoms with Crippen LogP contribution in [0.3, 0.4) is 0 Å². The summed E-state index contributed by atoms with van der Waals surface area (Å²) < 4.78 is 0. The largest absolute Gasteiger partial charge is 1.00 e. The van der Waals surface area contributed by atoms with Gasteiger partial charge in [0.15, 0.2) is 0 Å². The second kappa shape index (κ2) is 10.5. The van der Waals surface area contributed by atoms with Gasteiger partial charge in [-0.2, -0.15) is 0 Å². The van der Waals surface area contributed by atoms with Crippen molar-refractivity contribution in [3.05, 3.63) is 0 Å². The van der Waals surface area contributed by atoms with E-state index in [1.54, 1.807) is 0 Å². The molecule has 0 unspecified atom stereocenters. The van der Waals surface area contributed by atoms with Gasteiger partial charge in [-0.15, -0.1) is 0 Å². The smallest absolute Gasteiger partial charge is 1.00 e. The van der Waals surface area contributed by atoms with Gasteiger partial charge in [0.05, 0.1) is 0 Å². The Hall–Kier alpha value is 2.54. The van der Waals surface area contributed by atoms with Crippen molar-refractivity contribution in [3.8, 4) is 0 Å². The number of hydrogen-bond acceptors (Lipinski definition) is 2. The summed E-state index contributed by atoms with van der Waals surface area (Å²) in [6, 6.07) is 0. The van der Waals surface area contributed by atoms with E-state index in [2.05, 4.69) is 0 Å². The Labute approximate surface area is 125 Å². The summed E-state index contributed by atoms with van der Waals surface area (Å²) in [7, 11) is 0. The average Bonchev–Trinajstić information content (AvgIpc) is 0.811. The van der Waals surface area contributed by atoms with Crippen LogP contribution < -0.4 is 108 Å². The van der Waals surface area contributed by atoms with Crippen molar-refractivity contribution in [1.29, 1.82) is 0 Å². The molecule has 0 aliphatic carbocycles. The predicted molar refractivity (Wildman–Crippen MR) is 11.4 cm³/mol. The third-order valence-electron chi connectivity index (χ3n) is 0. The first-order valence-corrected chi connectivity index (χ1v) is 0.632. The molecule has 0 saturated heterocycles. The maximum Gasteiger partial charge on any atom is 1.00 e. The summed E-state index contributed by atoms with van der Waals surface area (Å²) >= 11 is 0. The van der Waals surface area contributed by atoms with Crippen LogP contribution in [0.1, 0.15) is 4.28 Å². The summed E-state index contributed by atoms with van der Waals surface area (Å²) in [6.07, 6.45) is -2.08. The fourth-order valence-corrected chi connectivity index (χ4v) is 0. The van der Waals surface area contributed by atoms with Crippen LogP contribution in [0.5, 0.6) is 0 Å². The van der Waals surface area contributed by atoms with E-state index < -0.39 is 6.16 Å². The fraction of sp³-hybridized carbons (Fsp3) is 0. The van der Waals surface area contributed by atoms with Crippen LogP contribution in [-0.4, -0.2) is 11.3 Å². The standard InChI is InChI=1S/CH2O3.2K.2H/c2-1(3)4;;;;/h(H2,2,3,4);;;;/q;2*+1;2*-1. The molecule has 0 saturated carbocycles. The Bertz CT molecular complexity index is 40.0. The van der Waals surface area contributed by atoms with Gasteiger partial charge < -0.3 is 17.9 Å². The van der Waals surface area contributed by atoms with Gasteiger partial charge in [-0.05, 0) is 0 Å². The first-order chi connectivity index (χ1) is 1.73. The number of carbonyl (C=O) groups is 1. The molecule has 0 aromatic rings. The van der Waals surface area contributed by atoms with Crippen molar-refractivity contribution in [2.24, 2.45) is 0 Å². The molecular weight excluding hydrogens is 138 g/mol. The summed E-state index contributed by atoms with van der Waals surface area (Å²) in [4.78, 5) is 8.44. The van der Waals surface area contributed by atoms with E-state index >= 15 is 0 Å². The predicted octanol–water partition coefficient (Wildman–Crippen LogP) is -6.77. The van der Waals surface area contributed by atoms with Crippen molar-refractivity contribution >= 4 is 6.16 Å². The van der Waals surface area contributed by atoms with Crippen molar-refractivity contribution in [3.63, 3.8) is 0 Å². The van der Waals surface area contributed by atoms with Crippen LogP contribution in [0.25, 0.3) is 0 Å². The van der Waals surface area contributed by atoms with Gasteiger partial charge in [0.2, 0.25) is 6.16 Å². The number of rotatable bonds is 0. The summed E-state index contributed by atoms with van der Waals surface area (Å²) in [5, 5.41) is 15.3. The maximum atomic E-state index is 8.44. The van der Waals surface area contributed by atoms with Crippen molar-refractivity contribution < 1.29 is 122 Å². The van der Waals surface area contributed by atoms with E-state index in [9.17, 15) is 0 Å². The molecule has 0 rings (SSSR count). The average molecular weight is 142 g/mol. The molecule has 0 radical (unpaired) electrons. The minimum Gasteiger partial charge on any atom is -1.00 e. The van der Waals surface area contributed by atoms with Crippen molar-refractivity contribution in [2.75, 3.05) is 0 Å². The normalized spacial score (nSPS) is 4.00. The molecule has 0 aliphatic heterocycles. The summed E-state index contributed by atoms with van der Waals surface area (Å²) in [6.45, 7) is 0. The van der Waals surface area contributed by atoms with Gasteiger partial charge in [-0.3, -0.25) is 0 Å². The van der Waals surface area contributed by atoms with Crippen LogP contribution >= 0.6 is 0 Å². The fourth-order valence-electron chi connectivity index (χ4n) is 0. The summed E-state index contributed by atoms with van der Waals surface area (Å²) in [5.41, 5.74) is 0. The van der Waals surface area contributed by atoms with E-state index in [1.165, 1.54) is 0 Å². The molecular formula is CH4K2O3. The molecule has 0 spiro atoms. The zero-order chi connectivity index (χ0) is 3.58. The Morgan fingerprint density at radius 1 is 1.83 bits per heavy atom. The second-order valence-corrected chi connectivity index (χ2v) is 0.266. The monoisotopic (exact) mass is 142 g/mol. The molecule has 0 heterocycles. The Morgan fingerprint density at radius 3 is 1.83 bits per heavy atom. The number of hydrogen-bond donors (Lipinski definition) is 1. The van der Waals surface area contributed by atoms with Gasteiger partial charge in [0.25, 0.3) is 0 Å². The molecule has 0 aromatic carbocycles. The third-order valence-corrected chi connectivity index (χ3v) is 0. The molecule has 1 N–H and O–H groups in total. The van der Waals surface area contributed by atoms with Crippen molar-refractivity contribution in [2.45, 2.75) is 0 Å². The SMILES string of the molecule is O=C([O-])O.[H+].[H-].[H-].[K+].[K+]. The van der Waals surface area contributed by atoms with Crippen LogP contribution in [0, 0.1) is 0 Å². The minimum atomic E-state index is -2.08. The topological polar surface area (TPSA) is 60.4 Å². The Morgan fingerprint density at radius 2 is 1.83 bits per heavy atom. The molecule has 0 atom stereocenters. The van der Waals surface area contributed by atoms with Crippen LogP contribution in [0.2, 0.25) is 0 Å². The van der Waals surface area contributed by atoms with Gasteiger partial charge >= 0.3 is 104 Å². The molecule has 0 amide bonds. The van der Waals surface area contributed by atoms with Gasteiger partial charge in [0, 0.05) is 0 Å². The zero-order valence-corrected chi connectivity index (χ0v) is 10.0. The zero-order valence-electron chi connectivity index (χ0n) is 6.76. The van der Waals surface area contributed by atoms with E-state index in [0.29, 0.717) is 0 Å². The Balaban J connectivity index is -0.00000000450. The first kappa shape index (κ1) is 15.8. The number of carboxylic acid groups (broad SMARTS) is 2. The third kappa shape index (κ3) is 31.1. The molecule has 28 valence electrons. The van der Waals surface area contributed by atoms with E-state index in [-0.39, 0.29) is 107 Å². The van der Waals surface area contributed by atoms with Crippen LogP contribution in [0.15, 0.2) is 0 Å². The van der Waals surface area contributed by atoms with Gasteiger partial charge in [-0.25, -0.2) is 0 Å². The maximum absolute atomic E-state index is 8.44. The van der Waals surface area contributed by atoms with E-state index in [0.717, 1.165) is 0 Å². The van der Waals surface area contributed by atoms with Gasteiger partial charge in [-0.1, -0.05) is 0 Å². The first-order valence-electron chi connectivity index (χ1n) is 0.632. The van der Waals surface area contributed by atoms with Crippen molar-refractivity contribution in [1.82, 2.24) is 0 Å². The molecule has 3 nitrogen and oxygen atoms in total. The molecule has 0 aliphatic rings. The minimum absolute atomic E-state index is 0. The van der Waals surface area contributed by atoms with Crippen LogP contribution in [0.4, 0.5) is 4.79 Å². The molecule has 0 bridgehead atoms. The van der Waals surface area contributed by atoms with E-state index in [4.69, 9.17) is 15.0 Å². The molecule has 6 heavy (non-hydrogen) atoms. The Kier molecular flexibility index (Phi) is 27.7. The summed E-state index contributed by atoms with van der Waals surface area (Å²) in [5.74, 6) is 0. The second-order valence-electron chi connectivity index (χ2n) is 0.266. The molecule has 0 aromatic heterocycles.